The SMILES string of the molecule is Nc1c(C(F)(F)F)cc(C[C@@H](CC(=O)N2CCC(n3c(=O)[nH]c4ccccc43)CC2)C(=O)N2CCN(C3CN4CCC3CC4)CC2)cc1C(F)(F)F. The van der Waals surface area contributed by atoms with Crippen molar-refractivity contribution in [3.63, 3.8) is 0 Å². The van der Waals surface area contributed by atoms with Gasteiger partial charge in [0.1, 0.15) is 0 Å². The van der Waals surface area contributed by atoms with E-state index in [0.29, 0.717) is 68.6 Å². The minimum atomic E-state index is -5.17. The summed E-state index contributed by atoms with van der Waals surface area (Å²) in [4.78, 5) is 51.5. The van der Waals surface area contributed by atoms with Crippen molar-refractivity contribution in [1.29, 1.82) is 0 Å². The molecule has 2 aromatic carbocycles. The Labute approximate surface area is 296 Å². The molecule has 3 aromatic rings. The minimum Gasteiger partial charge on any atom is -0.398 e. The van der Waals surface area contributed by atoms with Gasteiger partial charge in [-0.05, 0) is 80.9 Å². The van der Waals surface area contributed by atoms with Crippen LogP contribution in [0.5, 0.6) is 0 Å². The predicted molar refractivity (Wildman–Crippen MR) is 181 cm³/mol. The second kappa shape index (κ2) is 14.1. The molecule has 0 radical (unpaired) electrons. The van der Waals surface area contributed by atoms with Gasteiger partial charge in [-0.2, -0.15) is 26.3 Å². The van der Waals surface area contributed by atoms with Gasteiger partial charge in [0.05, 0.1) is 33.8 Å². The van der Waals surface area contributed by atoms with Gasteiger partial charge < -0.3 is 25.4 Å². The number of para-hydroxylation sites is 2. The quantitative estimate of drug-likeness (QED) is 0.271. The lowest BCUT2D eigenvalue weighted by atomic mass is 9.83. The van der Waals surface area contributed by atoms with Gasteiger partial charge >= 0.3 is 18.0 Å². The van der Waals surface area contributed by atoms with Gasteiger partial charge in [-0.15, -0.1) is 0 Å². The highest BCUT2D eigenvalue weighted by Gasteiger charge is 2.43. The monoisotopic (exact) mass is 735 g/mol. The number of anilines is 1. The molecule has 2 atom stereocenters. The fourth-order valence-electron chi connectivity index (χ4n) is 8.86. The molecule has 0 spiro atoms. The summed E-state index contributed by atoms with van der Waals surface area (Å²) < 4.78 is 85.2. The third-order valence-electron chi connectivity index (χ3n) is 11.6. The summed E-state index contributed by atoms with van der Waals surface area (Å²) in [5, 5.41) is 0. The third-order valence-corrected chi connectivity index (χ3v) is 11.6. The van der Waals surface area contributed by atoms with E-state index in [0.717, 1.165) is 38.0 Å². The molecule has 1 unspecified atom stereocenters. The number of nitrogens with zero attached hydrogens (tertiary/aromatic N) is 5. The summed E-state index contributed by atoms with van der Waals surface area (Å²) in [6.45, 7) is 5.58. The highest BCUT2D eigenvalue weighted by Crippen LogP contribution is 2.42. The fourth-order valence-corrected chi connectivity index (χ4v) is 8.86. The summed E-state index contributed by atoms with van der Waals surface area (Å²) in [7, 11) is 0. The molecular formula is C36H43F6N7O3. The van der Waals surface area contributed by atoms with Crippen molar-refractivity contribution in [3.8, 4) is 0 Å². The van der Waals surface area contributed by atoms with Crippen LogP contribution in [0.1, 0.15) is 54.8 Å². The number of hydrogen-bond acceptors (Lipinski definition) is 6. The van der Waals surface area contributed by atoms with E-state index in [4.69, 9.17) is 5.73 Å². The number of carbonyl (C=O) groups excluding carboxylic acids is 2. The zero-order valence-corrected chi connectivity index (χ0v) is 28.7. The Morgan fingerprint density at radius 2 is 1.44 bits per heavy atom. The van der Waals surface area contributed by atoms with Crippen LogP contribution in [0.4, 0.5) is 32.0 Å². The van der Waals surface area contributed by atoms with Crippen molar-refractivity contribution in [2.45, 2.75) is 63.0 Å². The van der Waals surface area contributed by atoms with E-state index in [1.54, 1.807) is 20.4 Å². The van der Waals surface area contributed by atoms with Crippen LogP contribution in [0.3, 0.4) is 0 Å². The number of hydrogen-bond donors (Lipinski definition) is 2. The molecule has 16 heteroatoms. The number of nitrogens with one attached hydrogen (secondary N) is 1. The molecule has 2 amide bonds. The number of aromatic amines is 1. The standard InChI is InChI=1S/C36H43F6N7O3/c37-35(38,39)26-18-22(19-27(32(26)43)36(40,41)42)17-24(33(51)48-15-13-46(14-16-48)30-21-45-9-5-23(30)6-10-45)20-31(50)47-11-7-25(8-12-47)49-29-4-2-1-3-28(29)44-34(49)52/h1-4,18-19,23-25,30H,5-17,20-21,43H2,(H,44,52)/t24-,30?/m0/s1. The minimum absolute atomic E-state index is 0.186. The molecule has 8 rings (SSSR count). The Hall–Kier alpha value is -4.05. The average Bonchev–Trinajstić information content (AvgIpc) is 3.46. The van der Waals surface area contributed by atoms with Gasteiger partial charge in [0, 0.05) is 64.3 Å². The van der Waals surface area contributed by atoms with Crippen LogP contribution in [0.2, 0.25) is 0 Å². The lowest BCUT2D eigenvalue weighted by Gasteiger charge is -2.51. The smallest absolute Gasteiger partial charge is 0.398 e. The van der Waals surface area contributed by atoms with Crippen molar-refractivity contribution in [2.75, 3.05) is 64.6 Å². The van der Waals surface area contributed by atoms with Gasteiger partial charge in [0.15, 0.2) is 0 Å². The summed E-state index contributed by atoms with van der Waals surface area (Å²) in [5.74, 6) is -1.50. The number of imidazole rings is 1. The van der Waals surface area contributed by atoms with E-state index in [1.807, 2.05) is 18.2 Å². The molecule has 10 nitrogen and oxygen atoms in total. The van der Waals surface area contributed by atoms with E-state index in [-0.39, 0.29) is 36.8 Å². The maximum atomic E-state index is 14.1. The number of benzene rings is 2. The van der Waals surface area contributed by atoms with Gasteiger partial charge in [0.2, 0.25) is 11.8 Å². The average molecular weight is 736 g/mol. The number of likely N-dealkylation sites (tertiary alicyclic amines) is 1. The van der Waals surface area contributed by atoms with E-state index in [2.05, 4.69) is 14.8 Å². The number of nitrogen functional groups attached to an aromatic ring is 1. The lowest BCUT2D eigenvalue weighted by Crippen LogP contribution is -2.61. The number of fused-ring (bicyclic) bond motifs is 4. The summed E-state index contributed by atoms with van der Waals surface area (Å²) in [6, 6.07) is 8.61. The zero-order valence-electron chi connectivity index (χ0n) is 28.7. The van der Waals surface area contributed by atoms with Gasteiger partial charge in [-0.3, -0.25) is 19.1 Å². The molecule has 1 aromatic heterocycles. The van der Waals surface area contributed by atoms with Crippen LogP contribution in [0.25, 0.3) is 11.0 Å². The Bertz CT molecular complexity index is 1810. The highest BCUT2D eigenvalue weighted by atomic mass is 19.4. The van der Waals surface area contributed by atoms with Gasteiger partial charge in [0.25, 0.3) is 0 Å². The number of H-pyrrole nitrogens is 1. The molecule has 5 aliphatic heterocycles. The molecule has 0 aliphatic carbocycles. The number of piperidine rings is 4. The molecule has 282 valence electrons. The Morgan fingerprint density at radius 3 is 2.02 bits per heavy atom. The zero-order chi connectivity index (χ0) is 36.9. The number of halogens is 6. The van der Waals surface area contributed by atoms with Crippen LogP contribution in [-0.4, -0.2) is 106 Å². The highest BCUT2D eigenvalue weighted by molar-refractivity contribution is 5.86. The summed E-state index contributed by atoms with van der Waals surface area (Å²) >= 11 is 0. The van der Waals surface area contributed by atoms with E-state index in [9.17, 15) is 40.7 Å². The maximum absolute atomic E-state index is 14.1. The maximum Gasteiger partial charge on any atom is 0.418 e. The largest absolute Gasteiger partial charge is 0.418 e. The number of aromatic nitrogens is 2. The number of nitrogens with two attached hydrogens (primary N) is 1. The lowest BCUT2D eigenvalue weighted by molar-refractivity contribution is -0.143. The Morgan fingerprint density at radius 1 is 0.827 bits per heavy atom. The van der Waals surface area contributed by atoms with Crippen LogP contribution in [0.15, 0.2) is 41.2 Å². The van der Waals surface area contributed by atoms with E-state index in [1.165, 1.54) is 0 Å². The predicted octanol–water partition coefficient (Wildman–Crippen LogP) is 4.60. The van der Waals surface area contributed by atoms with E-state index >= 15 is 0 Å². The molecule has 5 aliphatic rings. The molecule has 2 bridgehead atoms. The van der Waals surface area contributed by atoms with Crippen molar-refractivity contribution < 1.29 is 35.9 Å². The van der Waals surface area contributed by atoms with Crippen molar-refractivity contribution in [3.05, 3.63) is 63.6 Å². The first-order valence-electron chi connectivity index (χ1n) is 18.0. The van der Waals surface area contributed by atoms with Crippen molar-refractivity contribution in [1.82, 2.24) is 29.2 Å². The molecule has 52 heavy (non-hydrogen) atoms. The first-order chi connectivity index (χ1) is 24.7. The Kier molecular flexibility index (Phi) is 9.82. The first-order valence-corrected chi connectivity index (χ1v) is 18.0. The molecule has 3 N–H and O–H groups in total. The van der Waals surface area contributed by atoms with Crippen LogP contribution in [-0.2, 0) is 28.4 Å². The van der Waals surface area contributed by atoms with Crippen molar-refractivity contribution >= 4 is 28.5 Å². The molecule has 5 fully saturated rings. The summed E-state index contributed by atoms with van der Waals surface area (Å²) in [5.41, 5.74) is 1.51. The molecule has 5 saturated heterocycles. The summed E-state index contributed by atoms with van der Waals surface area (Å²) in [6.07, 6.45) is -8.06. The Balaban J connectivity index is 1.09. The van der Waals surface area contributed by atoms with Gasteiger partial charge in [-0.1, -0.05) is 12.1 Å². The second-order valence-electron chi connectivity index (χ2n) is 14.7. The molecule has 6 heterocycles. The fraction of sp³-hybridized carbons (Fsp3) is 0.583. The number of alkyl halides is 6. The van der Waals surface area contributed by atoms with Gasteiger partial charge in [-0.25, -0.2) is 4.79 Å². The topological polar surface area (TPSA) is 111 Å². The number of carbonyl (C=O) groups is 2. The number of rotatable bonds is 7. The van der Waals surface area contributed by atoms with Crippen LogP contribution >= 0.6 is 0 Å². The second-order valence-corrected chi connectivity index (χ2v) is 14.7. The first kappa shape index (κ1) is 36.3. The van der Waals surface area contributed by atoms with Crippen LogP contribution in [0, 0.1) is 11.8 Å². The number of piperazine rings is 1. The van der Waals surface area contributed by atoms with Crippen molar-refractivity contribution in [2.24, 2.45) is 11.8 Å². The number of amides is 2. The normalized spacial score (nSPS) is 24.1. The van der Waals surface area contributed by atoms with E-state index < -0.39 is 53.3 Å². The third kappa shape index (κ3) is 7.28. The van der Waals surface area contributed by atoms with Crippen LogP contribution < -0.4 is 11.4 Å². The molecule has 0 saturated carbocycles. The molecular weight excluding hydrogens is 692 g/mol.